The summed E-state index contributed by atoms with van der Waals surface area (Å²) in [7, 11) is 1.80. The molecule has 0 saturated carbocycles. The molecule has 0 bridgehead atoms. The molecular formula is C24H29N5O2. The number of amides is 2. The number of aromatic nitrogens is 2. The second-order valence-electron chi connectivity index (χ2n) is 7.80. The van der Waals surface area contributed by atoms with Crippen LogP contribution < -0.4 is 5.32 Å². The Hall–Kier alpha value is -3.16. The van der Waals surface area contributed by atoms with Crippen LogP contribution in [0.25, 0.3) is 5.69 Å². The molecule has 3 aromatic rings. The highest BCUT2D eigenvalue weighted by atomic mass is 16.5. The number of rotatable bonds is 7. The van der Waals surface area contributed by atoms with Gasteiger partial charge in [-0.05, 0) is 23.3 Å². The van der Waals surface area contributed by atoms with E-state index >= 15 is 0 Å². The zero-order chi connectivity index (χ0) is 21.5. The third kappa shape index (κ3) is 5.71. The third-order valence-electron chi connectivity index (χ3n) is 5.47. The molecule has 1 saturated heterocycles. The number of hydrogen-bond donors (Lipinski definition) is 1. The number of carbonyl (C=O) groups is 1. The van der Waals surface area contributed by atoms with Gasteiger partial charge in [-0.1, -0.05) is 42.5 Å². The molecule has 7 nitrogen and oxygen atoms in total. The van der Waals surface area contributed by atoms with Gasteiger partial charge in [-0.25, -0.2) is 9.48 Å². The van der Waals surface area contributed by atoms with E-state index in [2.05, 4.69) is 33.5 Å². The van der Waals surface area contributed by atoms with E-state index in [9.17, 15) is 4.79 Å². The van der Waals surface area contributed by atoms with Crippen LogP contribution in [0.4, 0.5) is 4.79 Å². The predicted molar refractivity (Wildman–Crippen MR) is 120 cm³/mol. The molecule has 1 fully saturated rings. The molecule has 1 aliphatic heterocycles. The van der Waals surface area contributed by atoms with Crippen molar-refractivity contribution in [2.75, 3.05) is 33.4 Å². The first-order valence-electron chi connectivity index (χ1n) is 10.6. The lowest BCUT2D eigenvalue weighted by molar-refractivity contribution is 0.0341. The van der Waals surface area contributed by atoms with Crippen molar-refractivity contribution in [2.45, 2.75) is 19.6 Å². The van der Waals surface area contributed by atoms with Gasteiger partial charge in [-0.3, -0.25) is 4.90 Å². The maximum atomic E-state index is 12.7. The summed E-state index contributed by atoms with van der Waals surface area (Å²) >= 11 is 0. The van der Waals surface area contributed by atoms with Crippen LogP contribution in [0.15, 0.2) is 67.0 Å². The number of nitrogens with one attached hydrogen (secondary N) is 1. The highest BCUT2D eigenvalue weighted by molar-refractivity contribution is 5.73. The second kappa shape index (κ2) is 10.2. The van der Waals surface area contributed by atoms with Gasteiger partial charge in [0.2, 0.25) is 0 Å². The largest absolute Gasteiger partial charge is 0.379 e. The summed E-state index contributed by atoms with van der Waals surface area (Å²) in [5.41, 5.74) is 4.37. The van der Waals surface area contributed by atoms with Crippen LogP contribution in [-0.2, 0) is 24.4 Å². The Morgan fingerprint density at radius 1 is 1.06 bits per heavy atom. The maximum absolute atomic E-state index is 12.7. The van der Waals surface area contributed by atoms with Crippen molar-refractivity contribution in [3.63, 3.8) is 0 Å². The van der Waals surface area contributed by atoms with Gasteiger partial charge >= 0.3 is 6.03 Å². The van der Waals surface area contributed by atoms with Gasteiger partial charge in [0.05, 0.1) is 31.6 Å². The van der Waals surface area contributed by atoms with Crippen molar-refractivity contribution in [2.24, 2.45) is 0 Å². The van der Waals surface area contributed by atoms with Crippen molar-refractivity contribution in [3.8, 4) is 5.69 Å². The summed E-state index contributed by atoms with van der Waals surface area (Å²) in [5, 5.41) is 7.46. The lowest BCUT2D eigenvalue weighted by Crippen LogP contribution is -2.37. The molecule has 1 aromatic heterocycles. The van der Waals surface area contributed by atoms with Crippen molar-refractivity contribution >= 4 is 6.03 Å². The van der Waals surface area contributed by atoms with E-state index in [4.69, 9.17) is 4.74 Å². The summed E-state index contributed by atoms with van der Waals surface area (Å²) in [5.74, 6) is 0. The molecule has 0 unspecified atom stereocenters. The minimum Gasteiger partial charge on any atom is -0.379 e. The SMILES string of the molecule is CN(Cc1cnn(-c2ccccc2)c1)C(=O)NCc1ccccc1CN1CCOCC1. The number of urea groups is 1. The van der Waals surface area contributed by atoms with E-state index in [-0.39, 0.29) is 6.03 Å². The van der Waals surface area contributed by atoms with Crippen LogP contribution in [0.2, 0.25) is 0 Å². The first-order chi connectivity index (χ1) is 15.2. The fourth-order valence-corrected chi connectivity index (χ4v) is 3.70. The number of ether oxygens (including phenoxy) is 1. The van der Waals surface area contributed by atoms with Crippen molar-refractivity contribution in [3.05, 3.63) is 83.7 Å². The Balaban J connectivity index is 1.31. The lowest BCUT2D eigenvalue weighted by Gasteiger charge is -2.27. The standard InChI is InChI=1S/C24H29N5O2/c1-27(17-20-15-26-29(18-20)23-9-3-2-4-10-23)24(30)25-16-21-7-5-6-8-22(21)19-28-11-13-31-14-12-28/h2-10,15,18H,11-14,16-17,19H2,1H3,(H,25,30). The fourth-order valence-electron chi connectivity index (χ4n) is 3.70. The number of hydrogen-bond acceptors (Lipinski definition) is 4. The molecule has 0 aliphatic carbocycles. The van der Waals surface area contributed by atoms with Gasteiger partial charge < -0.3 is 15.0 Å². The zero-order valence-corrected chi connectivity index (χ0v) is 17.9. The quantitative estimate of drug-likeness (QED) is 0.639. The molecule has 31 heavy (non-hydrogen) atoms. The van der Waals surface area contributed by atoms with Gasteiger partial charge in [-0.15, -0.1) is 0 Å². The topological polar surface area (TPSA) is 62.6 Å². The smallest absolute Gasteiger partial charge is 0.317 e. The Morgan fingerprint density at radius 3 is 2.55 bits per heavy atom. The Bertz CT molecular complexity index is 982. The van der Waals surface area contributed by atoms with Crippen LogP contribution in [0, 0.1) is 0 Å². The molecule has 2 amide bonds. The number of nitrogens with zero attached hydrogens (tertiary/aromatic N) is 4. The highest BCUT2D eigenvalue weighted by Gasteiger charge is 2.14. The van der Waals surface area contributed by atoms with Crippen molar-refractivity contribution in [1.29, 1.82) is 0 Å². The van der Waals surface area contributed by atoms with Gasteiger partial charge in [0.15, 0.2) is 0 Å². The van der Waals surface area contributed by atoms with Crippen LogP contribution >= 0.6 is 0 Å². The number of benzene rings is 2. The van der Waals surface area contributed by atoms with Crippen molar-refractivity contribution in [1.82, 2.24) is 24.9 Å². The van der Waals surface area contributed by atoms with Gasteiger partial charge in [0, 0.05) is 45.0 Å². The van der Waals surface area contributed by atoms with Crippen molar-refractivity contribution < 1.29 is 9.53 Å². The average molecular weight is 420 g/mol. The molecule has 0 atom stereocenters. The van der Waals surface area contributed by atoms with Crippen LogP contribution in [0.5, 0.6) is 0 Å². The number of para-hydroxylation sites is 1. The zero-order valence-electron chi connectivity index (χ0n) is 17.9. The molecule has 7 heteroatoms. The molecule has 162 valence electrons. The Morgan fingerprint density at radius 2 is 1.77 bits per heavy atom. The van der Waals surface area contributed by atoms with Gasteiger partial charge in [-0.2, -0.15) is 5.10 Å². The van der Waals surface area contributed by atoms with Crippen LogP contribution in [0.1, 0.15) is 16.7 Å². The summed E-state index contributed by atoms with van der Waals surface area (Å²) in [6, 6.07) is 18.1. The van der Waals surface area contributed by atoms with Gasteiger partial charge in [0.1, 0.15) is 0 Å². The molecular weight excluding hydrogens is 390 g/mol. The predicted octanol–water partition coefficient (Wildman–Crippen LogP) is 3.05. The van der Waals surface area contributed by atoms with E-state index in [1.807, 2.05) is 47.3 Å². The minimum absolute atomic E-state index is 0.103. The monoisotopic (exact) mass is 419 g/mol. The van der Waals surface area contributed by atoms with Crippen LogP contribution in [0.3, 0.4) is 0 Å². The summed E-state index contributed by atoms with van der Waals surface area (Å²) < 4.78 is 7.26. The van der Waals surface area contributed by atoms with E-state index in [0.717, 1.165) is 49.7 Å². The first kappa shape index (κ1) is 21.1. The molecule has 2 heterocycles. The lowest BCUT2D eigenvalue weighted by atomic mass is 10.1. The molecule has 0 spiro atoms. The first-order valence-corrected chi connectivity index (χ1v) is 10.6. The normalized spacial score (nSPS) is 14.4. The van der Waals surface area contributed by atoms with E-state index in [0.29, 0.717) is 13.1 Å². The maximum Gasteiger partial charge on any atom is 0.317 e. The minimum atomic E-state index is -0.103. The average Bonchev–Trinajstić information content (AvgIpc) is 3.28. The Labute approximate surface area is 183 Å². The summed E-state index contributed by atoms with van der Waals surface area (Å²) in [6.45, 7) is 5.33. The number of carbonyl (C=O) groups excluding carboxylic acids is 1. The summed E-state index contributed by atoms with van der Waals surface area (Å²) in [6.07, 6.45) is 3.76. The molecule has 1 N–H and O–H groups in total. The van der Waals surface area contributed by atoms with Crippen LogP contribution in [-0.4, -0.2) is 59.0 Å². The fraction of sp³-hybridized carbons (Fsp3) is 0.333. The molecule has 2 aromatic carbocycles. The van der Waals surface area contributed by atoms with E-state index < -0.39 is 0 Å². The molecule has 1 aliphatic rings. The number of morpholine rings is 1. The van der Waals surface area contributed by atoms with E-state index in [1.54, 1.807) is 18.1 Å². The summed E-state index contributed by atoms with van der Waals surface area (Å²) in [4.78, 5) is 16.7. The second-order valence-corrected chi connectivity index (χ2v) is 7.80. The Kier molecular flexibility index (Phi) is 6.96. The highest BCUT2D eigenvalue weighted by Crippen LogP contribution is 2.14. The van der Waals surface area contributed by atoms with Gasteiger partial charge in [0.25, 0.3) is 0 Å². The van der Waals surface area contributed by atoms with E-state index in [1.165, 1.54) is 5.56 Å². The third-order valence-corrected chi connectivity index (χ3v) is 5.47. The molecule has 0 radical (unpaired) electrons. The molecule has 4 rings (SSSR count).